The van der Waals surface area contributed by atoms with E-state index >= 15 is 0 Å². The van der Waals surface area contributed by atoms with Crippen LogP contribution >= 0.6 is 0 Å². The minimum absolute atomic E-state index is 0.0943. The van der Waals surface area contributed by atoms with Crippen LogP contribution in [0.2, 0.25) is 0 Å². The third-order valence-corrected chi connectivity index (χ3v) is 4.16. The van der Waals surface area contributed by atoms with Crippen molar-refractivity contribution in [2.24, 2.45) is 7.05 Å². The van der Waals surface area contributed by atoms with E-state index in [0.29, 0.717) is 0 Å². The van der Waals surface area contributed by atoms with Crippen LogP contribution in [0.5, 0.6) is 0 Å². The Balaban J connectivity index is 2.25. The highest BCUT2D eigenvalue weighted by molar-refractivity contribution is 6.33. The summed E-state index contributed by atoms with van der Waals surface area (Å²) in [5.74, 6) is 0. The largest absolute Gasteiger partial charge is 0.333 e. The molecule has 3 aromatic heterocycles. The molecule has 0 aliphatic rings. The van der Waals surface area contributed by atoms with Crippen LogP contribution in [0.25, 0.3) is 27.6 Å². The summed E-state index contributed by atoms with van der Waals surface area (Å²) in [7, 11) is 3.81. The fourth-order valence-corrected chi connectivity index (χ4v) is 3.01. The van der Waals surface area contributed by atoms with Gasteiger partial charge in [-0.25, -0.2) is 4.79 Å². The van der Waals surface area contributed by atoms with Gasteiger partial charge < -0.3 is 0 Å². The van der Waals surface area contributed by atoms with Gasteiger partial charge in [-0.2, -0.15) is 0 Å². The molecule has 0 fully saturated rings. The standard InChI is InChI=1S/C17H15BN4O/c1-10-5-12(8-19-7-10)22-16-13-6-11(18)3-4-14(13)20-9-15(16)21(2)17(22)23/h3-9H,18H2,1-2H3. The molecule has 0 atom stereocenters. The first-order valence-electron chi connectivity index (χ1n) is 7.45. The highest BCUT2D eigenvalue weighted by Crippen LogP contribution is 2.24. The number of aromatic nitrogens is 4. The molecule has 0 spiro atoms. The normalized spacial score (nSPS) is 11.4. The zero-order chi connectivity index (χ0) is 16.1. The average molecular weight is 302 g/mol. The molecule has 0 aliphatic heterocycles. The quantitative estimate of drug-likeness (QED) is 0.490. The first-order chi connectivity index (χ1) is 11.1. The molecule has 1 aromatic carbocycles. The van der Waals surface area contributed by atoms with Gasteiger partial charge in [-0.1, -0.05) is 17.6 Å². The summed E-state index contributed by atoms with van der Waals surface area (Å²) in [6.45, 7) is 1.97. The molecule has 0 amide bonds. The Morgan fingerprint density at radius 2 is 1.96 bits per heavy atom. The highest BCUT2D eigenvalue weighted by atomic mass is 16.1. The van der Waals surface area contributed by atoms with E-state index in [0.717, 1.165) is 38.6 Å². The maximum atomic E-state index is 12.8. The Hall–Kier alpha value is -2.89. The Labute approximate surface area is 133 Å². The van der Waals surface area contributed by atoms with Crippen molar-refractivity contribution >= 4 is 35.2 Å². The highest BCUT2D eigenvalue weighted by Gasteiger charge is 2.16. The second-order valence-corrected chi connectivity index (χ2v) is 5.91. The molecule has 4 aromatic rings. The molecule has 112 valence electrons. The van der Waals surface area contributed by atoms with Crippen LogP contribution in [0.4, 0.5) is 0 Å². The number of imidazole rings is 1. The van der Waals surface area contributed by atoms with Gasteiger partial charge in [-0.3, -0.25) is 19.1 Å². The van der Waals surface area contributed by atoms with Crippen LogP contribution in [0.15, 0.2) is 47.7 Å². The fraction of sp³-hybridized carbons (Fsp3) is 0.118. The molecule has 4 rings (SSSR count). The maximum absolute atomic E-state index is 12.8. The predicted octanol–water partition coefficient (Wildman–Crippen LogP) is 0.839. The van der Waals surface area contributed by atoms with Crippen molar-refractivity contribution in [1.82, 2.24) is 19.1 Å². The maximum Gasteiger partial charge on any atom is 0.333 e. The Morgan fingerprint density at radius 1 is 1.13 bits per heavy atom. The minimum Gasteiger partial charge on any atom is -0.293 e. The van der Waals surface area contributed by atoms with Crippen LogP contribution < -0.4 is 11.2 Å². The number of hydrogen-bond acceptors (Lipinski definition) is 3. The molecule has 0 N–H and O–H groups in total. The second-order valence-electron chi connectivity index (χ2n) is 5.91. The summed E-state index contributed by atoms with van der Waals surface area (Å²) in [4.78, 5) is 21.5. The number of pyridine rings is 2. The van der Waals surface area contributed by atoms with Crippen LogP contribution in [-0.2, 0) is 7.05 Å². The predicted molar refractivity (Wildman–Crippen MR) is 94.5 cm³/mol. The van der Waals surface area contributed by atoms with E-state index in [1.54, 1.807) is 34.8 Å². The molecule has 0 radical (unpaired) electrons. The van der Waals surface area contributed by atoms with Gasteiger partial charge in [-0.15, -0.1) is 0 Å². The van der Waals surface area contributed by atoms with Crippen LogP contribution in [0.1, 0.15) is 5.56 Å². The second kappa shape index (κ2) is 4.81. The van der Waals surface area contributed by atoms with Gasteiger partial charge in [0.05, 0.1) is 34.6 Å². The molecule has 6 heteroatoms. The topological polar surface area (TPSA) is 52.7 Å². The molecule has 0 aliphatic carbocycles. The van der Waals surface area contributed by atoms with E-state index in [4.69, 9.17) is 0 Å². The Bertz CT molecular complexity index is 1130. The van der Waals surface area contributed by atoms with Crippen molar-refractivity contribution in [3.8, 4) is 5.69 Å². The van der Waals surface area contributed by atoms with Gasteiger partial charge in [0.2, 0.25) is 0 Å². The molecule has 0 saturated carbocycles. The minimum atomic E-state index is -0.0943. The zero-order valence-electron chi connectivity index (χ0n) is 13.2. The summed E-state index contributed by atoms with van der Waals surface area (Å²) < 4.78 is 3.35. The Kier molecular flexibility index (Phi) is 2.88. The number of benzene rings is 1. The SMILES string of the molecule is Bc1ccc2ncc3c(c2c1)n(-c1cncc(C)c1)c(=O)n3C. The molecule has 0 bridgehead atoms. The summed E-state index contributed by atoms with van der Waals surface area (Å²) in [5, 5.41) is 0.974. The third-order valence-electron chi connectivity index (χ3n) is 4.16. The van der Waals surface area contributed by atoms with Crippen molar-refractivity contribution in [1.29, 1.82) is 0 Å². The van der Waals surface area contributed by atoms with E-state index in [1.165, 1.54) is 0 Å². The Morgan fingerprint density at radius 3 is 2.74 bits per heavy atom. The van der Waals surface area contributed by atoms with Gasteiger partial charge in [0.1, 0.15) is 7.85 Å². The number of fused-ring (bicyclic) bond motifs is 3. The lowest BCUT2D eigenvalue weighted by atomic mass is 9.94. The van der Waals surface area contributed by atoms with Crippen LogP contribution in [0.3, 0.4) is 0 Å². The number of nitrogens with zero attached hydrogens (tertiary/aromatic N) is 4. The molecular weight excluding hydrogens is 287 g/mol. The van der Waals surface area contributed by atoms with Gasteiger partial charge in [0.25, 0.3) is 0 Å². The monoisotopic (exact) mass is 302 g/mol. The molecule has 5 nitrogen and oxygen atoms in total. The summed E-state index contributed by atoms with van der Waals surface area (Å²) in [6.07, 6.45) is 5.26. The van der Waals surface area contributed by atoms with Crippen molar-refractivity contribution < 1.29 is 0 Å². The molecular formula is C17H15BN4O. The van der Waals surface area contributed by atoms with Gasteiger partial charge in [-0.05, 0) is 24.6 Å². The first-order valence-corrected chi connectivity index (χ1v) is 7.45. The lowest BCUT2D eigenvalue weighted by molar-refractivity contribution is 0.843. The van der Waals surface area contributed by atoms with E-state index in [1.807, 2.05) is 33.0 Å². The molecule has 3 heterocycles. The van der Waals surface area contributed by atoms with Crippen molar-refractivity contribution in [2.75, 3.05) is 0 Å². The van der Waals surface area contributed by atoms with Gasteiger partial charge in [0, 0.05) is 18.6 Å². The summed E-state index contributed by atoms with van der Waals surface area (Å²) in [5.41, 5.74) is 5.40. The molecule has 0 saturated heterocycles. The van der Waals surface area contributed by atoms with Gasteiger partial charge in [0.15, 0.2) is 0 Å². The third kappa shape index (κ3) is 1.98. The van der Waals surface area contributed by atoms with Crippen LogP contribution in [-0.4, -0.2) is 26.9 Å². The van der Waals surface area contributed by atoms with Crippen molar-refractivity contribution in [2.45, 2.75) is 6.92 Å². The summed E-state index contributed by atoms with van der Waals surface area (Å²) in [6, 6.07) is 8.06. The average Bonchev–Trinajstić information content (AvgIpc) is 2.79. The fourth-order valence-electron chi connectivity index (χ4n) is 3.01. The van der Waals surface area contributed by atoms with E-state index in [2.05, 4.69) is 16.0 Å². The molecule has 0 unspecified atom stereocenters. The van der Waals surface area contributed by atoms with E-state index in [9.17, 15) is 4.79 Å². The smallest absolute Gasteiger partial charge is 0.293 e. The van der Waals surface area contributed by atoms with E-state index in [-0.39, 0.29) is 5.69 Å². The van der Waals surface area contributed by atoms with E-state index < -0.39 is 0 Å². The van der Waals surface area contributed by atoms with Crippen molar-refractivity contribution in [3.63, 3.8) is 0 Å². The first kappa shape index (κ1) is 13.8. The number of aryl methyl sites for hydroxylation is 2. The van der Waals surface area contributed by atoms with Gasteiger partial charge >= 0.3 is 5.69 Å². The van der Waals surface area contributed by atoms with Crippen molar-refractivity contribution in [3.05, 3.63) is 58.9 Å². The zero-order valence-corrected chi connectivity index (χ0v) is 13.2. The van der Waals surface area contributed by atoms with Crippen LogP contribution in [0, 0.1) is 6.92 Å². The lowest BCUT2D eigenvalue weighted by Gasteiger charge is -2.07. The number of hydrogen-bond donors (Lipinski definition) is 0. The summed E-state index contributed by atoms with van der Waals surface area (Å²) >= 11 is 0. The molecule has 23 heavy (non-hydrogen) atoms. The lowest BCUT2D eigenvalue weighted by Crippen LogP contribution is -2.21. The number of rotatable bonds is 1.